The first-order chi connectivity index (χ1) is 18.0. The van der Waals surface area contributed by atoms with Crippen molar-refractivity contribution in [3.05, 3.63) is 88.7 Å². The van der Waals surface area contributed by atoms with Gasteiger partial charge in [-0.15, -0.1) is 6.20 Å². The summed E-state index contributed by atoms with van der Waals surface area (Å²) in [7, 11) is 0. The van der Waals surface area contributed by atoms with Crippen molar-refractivity contribution in [3.63, 3.8) is 0 Å². The van der Waals surface area contributed by atoms with E-state index in [1.165, 1.54) is 34.2 Å². The summed E-state index contributed by atoms with van der Waals surface area (Å²) in [6, 6.07) is 12.6. The summed E-state index contributed by atoms with van der Waals surface area (Å²) in [5.41, 5.74) is 14.3. The van der Waals surface area contributed by atoms with Crippen LogP contribution in [0.4, 0.5) is 12.0 Å². The number of hydrogen-bond donors (Lipinski definition) is 2. The molecule has 0 aliphatic carbocycles. The molecule has 3 N–H and O–H groups in total. The van der Waals surface area contributed by atoms with Crippen LogP contribution in [0, 0.1) is 41.1 Å². The Balaban J connectivity index is 0.000000431. The Morgan fingerprint density at radius 3 is 2.37 bits per heavy atom. The van der Waals surface area contributed by atoms with Crippen molar-refractivity contribution in [1.29, 1.82) is 0 Å². The molecule has 3 aromatic rings. The summed E-state index contributed by atoms with van der Waals surface area (Å²) in [4.78, 5) is 7.74. The zero-order valence-corrected chi connectivity index (χ0v) is 27.9. The van der Waals surface area contributed by atoms with E-state index in [4.69, 9.17) is 17.3 Å². The third kappa shape index (κ3) is 11.8. The van der Waals surface area contributed by atoms with Gasteiger partial charge in [0.15, 0.2) is 0 Å². The van der Waals surface area contributed by atoms with Crippen molar-refractivity contribution in [2.24, 2.45) is 4.99 Å². The number of aromatic nitrogens is 1. The summed E-state index contributed by atoms with van der Waals surface area (Å²) < 4.78 is 29.7. The summed E-state index contributed by atoms with van der Waals surface area (Å²) in [6.07, 6.45) is 11.7. The average Bonchev–Trinajstić information content (AvgIpc) is 3.22. The van der Waals surface area contributed by atoms with Gasteiger partial charge < -0.3 is 15.7 Å². The summed E-state index contributed by atoms with van der Waals surface area (Å²) in [6.45, 7) is 14.2. The molecule has 0 spiro atoms. The number of fused-ring (bicyclic) bond motifs is 1. The van der Waals surface area contributed by atoms with Gasteiger partial charge in [-0.2, -0.15) is 6.58 Å². The van der Waals surface area contributed by atoms with Crippen LogP contribution in [0.2, 0.25) is 5.02 Å². The second-order valence-corrected chi connectivity index (χ2v) is 11.2. The van der Waals surface area contributed by atoms with Crippen LogP contribution < -0.4 is 5.73 Å². The standard InChI is InChI=1S/C21H25ClN2.C9H14N.3FH.U/c1-4-5-6-17-18-11-16(22)12-19(23)21(18)24-20(17)14(3)15-9-7-13(2)8-10-15;1-4-6-8-10-9(3)7-5-2;;;;/h7-12,14,24H,4-6,23H2,1-3H3;6,8H,1,5,7H2,2-3H3;3*1H;/q;-1;;;;+3/p-3/b;8-6-,10-9?;;;;. The van der Waals surface area contributed by atoms with Crippen molar-refractivity contribution in [2.75, 3.05) is 5.73 Å². The fourth-order valence-corrected chi connectivity index (χ4v) is 4.25. The number of anilines is 1. The number of aliphatic imine (C=N–C) groups is 1. The van der Waals surface area contributed by atoms with Gasteiger partial charge in [0.2, 0.25) is 0 Å². The quantitative estimate of drug-likeness (QED) is 0.0968. The number of nitrogens with two attached hydrogens (primary N) is 1. The van der Waals surface area contributed by atoms with Gasteiger partial charge in [0.05, 0.1) is 11.2 Å². The molecule has 8 heteroatoms. The Morgan fingerprint density at radius 1 is 1.18 bits per heavy atom. The molecular formula is C30H39ClF3N3U-. The molecule has 1 heterocycles. The number of H-pyrrole nitrogens is 1. The van der Waals surface area contributed by atoms with Crippen LogP contribution >= 0.6 is 11.6 Å². The number of aryl methyl sites for hydroxylation is 2. The van der Waals surface area contributed by atoms with Gasteiger partial charge in [0.1, 0.15) is 0 Å². The molecule has 0 saturated carbocycles. The monoisotopic (exact) mass is 771 g/mol. The minimum absolute atomic E-state index is 0.294. The van der Waals surface area contributed by atoms with Gasteiger partial charge in [-0.1, -0.05) is 75.0 Å². The average molecular weight is 772 g/mol. The second kappa shape index (κ2) is 18.4. The fourth-order valence-electron chi connectivity index (χ4n) is 4.02. The topological polar surface area (TPSA) is 54.2 Å². The molecule has 207 valence electrons. The number of halogens is 4. The normalized spacial score (nSPS) is 12.0. The van der Waals surface area contributed by atoms with Crippen LogP contribution in [0.25, 0.3) is 10.9 Å². The van der Waals surface area contributed by atoms with E-state index in [0.717, 1.165) is 42.6 Å². The van der Waals surface area contributed by atoms with Crippen LogP contribution in [0.5, 0.6) is 0 Å². The number of benzene rings is 2. The van der Waals surface area contributed by atoms with E-state index in [0.29, 0.717) is 10.9 Å². The molecule has 0 aliphatic heterocycles. The maximum atomic E-state index is 9.89. The summed E-state index contributed by atoms with van der Waals surface area (Å²) in [5, 5.41) is 1.87. The number of rotatable bonds is 9. The van der Waals surface area contributed by atoms with E-state index >= 15 is 0 Å². The molecule has 38 heavy (non-hydrogen) atoms. The third-order valence-electron chi connectivity index (χ3n) is 5.93. The van der Waals surface area contributed by atoms with Gasteiger partial charge in [-0.05, 0) is 62.1 Å². The number of nitrogens with zero attached hydrogens (tertiary/aromatic N) is 1. The predicted molar refractivity (Wildman–Crippen MR) is 154 cm³/mol. The van der Waals surface area contributed by atoms with Crippen molar-refractivity contribution in [3.8, 4) is 0 Å². The van der Waals surface area contributed by atoms with E-state index in [1.54, 1.807) is 12.3 Å². The molecule has 2 aromatic carbocycles. The number of unbranched alkanes of at least 4 members (excludes halogenated alkanes) is 1. The van der Waals surface area contributed by atoms with E-state index in [9.17, 15) is 6.30 Å². The predicted octanol–water partition coefficient (Wildman–Crippen LogP) is 10.2. The minimum atomic E-state index is -5.23. The van der Waals surface area contributed by atoms with Crippen molar-refractivity contribution >= 4 is 33.9 Å². The zero-order chi connectivity index (χ0) is 28.7. The molecule has 1 unspecified atom stereocenters. The van der Waals surface area contributed by atoms with Crippen molar-refractivity contribution in [1.82, 2.24) is 4.98 Å². The number of nitrogens with one attached hydrogen (secondary N) is 1. The van der Waals surface area contributed by atoms with E-state index in [2.05, 4.69) is 74.6 Å². The van der Waals surface area contributed by atoms with Gasteiger partial charge in [-0.25, -0.2) is 6.08 Å². The van der Waals surface area contributed by atoms with Crippen molar-refractivity contribution in [2.45, 2.75) is 72.6 Å². The van der Waals surface area contributed by atoms with Crippen LogP contribution in [0.3, 0.4) is 0 Å². The van der Waals surface area contributed by atoms with E-state index in [1.807, 2.05) is 19.1 Å². The first-order valence-electron chi connectivity index (χ1n) is 12.8. The SMILES string of the molecule is C=[C-]/C=C\N=C(C)CCC.CCCCc1c(C(C)c2ccc(C)cc2)[nH]c2c(N)cc(Cl)cc12.[F][U]([F])[F]. The summed E-state index contributed by atoms with van der Waals surface area (Å²) in [5.74, 6) is 0.294. The Labute approximate surface area is 244 Å². The number of allylic oxidation sites excluding steroid dienone is 2. The zero-order valence-electron chi connectivity index (χ0n) is 23.0. The van der Waals surface area contributed by atoms with Gasteiger partial charge in [0, 0.05) is 22.0 Å². The Hall–Kier alpha value is -1.94. The molecule has 3 rings (SSSR count). The van der Waals surface area contributed by atoms with Crippen LogP contribution in [0.1, 0.15) is 81.7 Å². The second-order valence-electron chi connectivity index (χ2n) is 9.02. The number of nitrogen functional groups attached to an aromatic ring is 1. The first-order valence-corrected chi connectivity index (χ1v) is 17.9. The third-order valence-corrected chi connectivity index (χ3v) is 6.15. The molecule has 1 aromatic heterocycles. The first kappa shape index (κ1) is 34.1. The van der Waals surface area contributed by atoms with E-state index in [-0.39, 0.29) is 0 Å². The number of aromatic amines is 1. The van der Waals surface area contributed by atoms with Gasteiger partial charge in [0.25, 0.3) is 0 Å². The Morgan fingerprint density at radius 2 is 1.82 bits per heavy atom. The molecule has 3 nitrogen and oxygen atoms in total. The van der Waals surface area contributed by atoms with E-state index < -0.39 is 28.1 Å². The van der Waals surface area contributed by atoms with Crippen LogP contribution in [0.15, 0.2) is 60.2 Å². The fraction of sp³-hybridized carbons (Fsp3) is 0.367. The Kier molecular flexibility index (Phi) is 16.5. The maximum absolute atomic E-state index is 9.89. The molecule has 0 saturated heterocycles. The van der Waals surface area contributed by atoms with Gasteiger partial charge >= 0.3 is 34.4 Å². The van der Waals surface area contributed by atoms with Crippen LogP contribution in [-0.4, -0.2) is 10.7 Å². The molecule has 0 fully saturated rings. The van der Waals surface area contributed by atoms with Gasteiger partial charge in [-0.3, -0.25) is 6.08 Å². The molecular weight excluding hydrogens is 733 g/mol. The Bertz CT molecular complexity index is 1180. The molecule has 1 atom stereocenters. The van der Waals surface area contributed by atoms with Crippen LogP contribution in [-0.2, 0) is 6.42 Å². The molecule has 0 radical (unpaired) electrons. The molecule has 0 amide bonds. The summed E-state index contributed by atoms with van der Waals surface area (Å²) >= 11 is 1.03. The number of hydrogen-bond acceptors (Lipinski definition) is 2. The molecule has 0 bridgehead atoms. The van der Waals surface area contributed by atoms with Crippen molar-refractivity contribution < 1.29 is 34.4 Å². The molecule has 0 aliphatic rings.